The zero-order valence-corrected chi connectivity index (χ0v) is 13.1. The Labute approximate surface area is 129 Å². The number of aromatic carboxylic acids is 1. The highest BCUT2D eigenvalue weighted by molar-refractivity contribution is 5.91. The Morgan fingerprint density at radius 1 is 1.27 bits per heavy atom. The molecule has 0 atom stereocenters. The molecule has 0 amide bonds. The number of hydrogen-bond donors (Lipinski definition) is 3. The fourth-order valence-electron chi connectivity index (χ4n) is 2.67. The van der Waals surface area contributed by atoms with Crippen molar-refractivity contribution >= 4 is 5.97 Å². The molecule has 6 nitrogen and oxygen atoms in total. The number of carbonyl (C=O) groups is 1. The van der Waals surface area contributed by atoms with E-state index in [4.69, 9.17) is 5.11 Å². The molecule has 22 heavy (non-hydrogen) atoms. The van der Waals surface area contributed by atoms with Crippen molar-refractivity contribution in [2.75, 3.05) is 7.11 Å². The molecule has 1 fully saturated rings. The number of H-pyrrole nitrogens is 1. The van der Waals surface area contributed by atoms with Crippen LogP contribution in [0.2, 0.25) is 0 Å². The van der Waals surface area contributed by atoms with Crippen LogP contribution in [0.5, 0.6) is 0 Å². The maximum Gasteiger partial charge on any atom is 0.335 e. The molecule has 1 aliphatic carbocycles. The first-order valence-electron chi connectivity index (χ1n) is 7.28. The van der Waals surface area contributed by atoms with Crippen LogP contribution in [0.3, 0.4) is 0 Å². The minimum atomic E-state index is -0.906. The molecular weight excluding hydrogens is 282 g/mol. The van der Waals surface area contributed by atoms with Crippen LogP contribution in [0.25, 0.3) is 11.4 Å². The number of nitrogens with one attached hydrogen (secondary N) is 1. The molecule has 2 aromatic rings. The Hall–Kier alpha value is -2.21. The predicted octanol–water partition coefficient (Wildman–Crippen LogP) is 2.66. The van der Waals surface area contributed by atoms with Crippen LogP contribution in [-0.2, 0) is 0 Å². The topological polar surface area (TPSA) is 99.1 Å². The third kappa shape index (κ3) is 3.01. The van der Waals surface area contributed by atoms with Gasteiger partial charge in [0.15, 0.2) is 5.82 Å². The number of carboxylic acids is 1. The number of carboxylic acid groups (broad SMARTS) is 1. The van der Waals surface area contributed by atoms with Crippen LogP contribution < -0.4 is 0 Å². The van der Waals surface area contributed by atoms with Gasteiger partial charge in [-0.25, -0.2) is 9.78 Å². The van der Waals surface area contributed by atoms with Gasteiger partial charge in [0, 0.05) is 12.7 Å². The van der Waals surface area contributed by atoms with Crippen LogP contribution in [0.1, 0.15) is 52.5 Å². The second-order valence-electron chi connectivity index (χ2n) is 5.43. The molecule has 1 aromatic heterocycles. The van der Waals surface area contributed by atoms with E-state index in [0.717, 1.165) is 36.9 Å². The van der Waals surface area contributed by atoms with Gasteiger partial charge in [-0.15, -0.1) is 0 Å². The van der Waals surface area contributed by atoms with Crippen molar-refractivity contribution in [1.82, 2.24) is 15.2 Å². The lowest BCUT2D eigenvalue weighted by molar-refractivity contribution is 0.0696. The normalized spacial score (nSPS) is 14.0. The fourth-order valence-corrected chi connectivity index (χ4v) is 2.67. The predicted molar refractivity (Wildman–Crippen MR) is 83.0 cm³/mol. The van der Waals surface area contributed by atoms with E-state index in [9.17, 15) is 9.90 Å². The Balaban J connectivity index is 0.000000847. The molecule has 1 aromatic carbocycles. The van der Waals surface area contributed by atoms with Crippen LogP contribution >= 0.6 is 0 Å². The van der Waals surface area contributed by atoms with Gasteiger partial charge in [-0.2, -0.15) is 5.10 Å². The standard InChI is InChI=1S/C15H17N3O2.CH4O/c1-8-6-12(10-4-3-5-10)13(7-11(8)15(19)20)14-16-9(2)17-18-14;1-2/h6-7,10H,3-5H2,1-2H3,(H,19,20)(H,16,17,18);2H,1H3. The number of aryl methyl sites for hydroxylation is 2. The maximum absolute atomic E-state index is 11.3. The smallest absolute Gasteiger partial charge is 0.335 e. The van der Waals surface area contributed by atoms with Crippen molar-refractivity contribution in [1.29, 1.82) is 0 Å². The number of aliphatic hydroxyl groups excluding tert-OH is 1. The fraction of sp³-hybridized carbons (Fsp3) is 0.438. The van der Waals surface area contributed by atoms with Crippen LogP contribution in [-0.4, -0.2) is 38.5 Å². The van der Waals surface area contributed by atoms with E-state index >= 15 is 0 Å². The summed E-state index contributed by atoms with van der Waals surface area (Å²) in [7, 11) is 1.00. The molecule has 1 aliphatic rings. The summed E-state index contributed by atoms with van der Waals surface area (Å²) >= 11 is 0. The number of benzene rings is 1. The third-order valence-corrected chi connectivity index (χ3v) is 4.01. The number of hydrogen-bond acceptors (Lipinski definition) is 4. The zero-order valence-electron chi connectivity index (χ0n) is 13.1. The lowest BCUT2D eigenvalue weighted by Gasteiger charge is -2.28. The molecule has 0 aliphatic heterocycles. The number of aromatic nitrogens is 3. The molecule has 0 saturated heterocycles. The molecule has 3 N–H and O–H groups in total. The first-order chi connectivity index (χ1) is 10.6. The van der Waals surface area contributed by atoms with E-state index < -0.39 is 5.97 Å². The summed E-state index contributed by atoms with van der Waals surface area (Å²) in [4.78, 5) is 15.7. The van der Waals surface area contributed by atoms with Crippen molar-refractivity contribution in [2.45, 2.75) is 39.0 Å². The van der Waals surface area contributed by atoms with Crippen molar-refractivity contribution in [3.8, 4) is 11.4 Å². The highest BCUT2D eigenvalue weighted by Gasteiger charge is 2.26. The van der Waals surface area contributed by atoms with Crippen LogP contribution in [0.15, 0.2) is 12.1 Å². The maximum atomic E-state index is 11.3. The summed E-state index contributed by atoms with van der Waals surface area (Å²) in [6, 6.07) is 3.71. The molecular formula is C16H21N3O3. The Bertz CT molecular complexity index is 675. The second-order valence-corrected chi connectivity index (χ2v) is 5.43. The van der Waals surface area contributed by atoms with Gasteiger partial charge >= 0.3 is 5.97 Å². The lowest BCUT2D eigenvalue weighted by atomic mass is 9.77. The van der Waals surface area contributed by atoms with Gasteiger partial charge in [-0.1, -0.05) is 12.5 Å². The largest absolute Gasteiger partial charge is 0.478 e. The molecule has 6 heteroatoms. The van der Waals surface area contributed by atoms with E-state index in [0.29, 0.717) is 17.3 Å². The molecule has 0 spiro atoms. The summed E-state index contributed by atoms with van der Waals surface area (Å²) < 4.78 is 0. The summed E-state index contributed by atoms with van der Waals surface area (Å²) in [5.74, 6) is 0.922. The van der Waals surface area contributed by atoms with Crippen molar-refractivity contribution in [3.63, 3.8) is 0 Å². The average Bonchev–Trinajstić information content (AvgIpc) is 2.85. The number of nitrogens with zero attached hydrogens (tertiary/aromatic N) is 2. The van der Waals surface area contributed by atoms with E-state index in [1.54, 1.807) is 6.07 Å². The van der Waals surface area contributed by atoms with Gasteiger partial charge in [0.05, 0.1) is 5.56 Å². The highest BCUT2D eigenvalue weighted by Crippen LogP contribution is 2.41. The second kappa shape index (κ2) is 6.70. The van der Waals surface area contributed by atoms with Gasteiger partial charge in [-0.3, -0.25) is 5.10 Å². The van der Waals surface area contributed by atoms with E-state index in [2.05, 4.69) is 15.2 Å². The van der Waals surface area contributed by atoms with E-state index in [1.165, 1.54) is 12.0 Å². The van der Waals surface area contributed by atoms with Gasteiger partial charge in [0.1, 0.15) is 5.82 Å². The quantitative estimate of drug-likeness (QED) is 0.809. The molecule has 0 radical (unpaired) electrons. The molecule has 118 valence electrons. The van der Waals surface area contributed by atoms with Crippen molar-refractivity contribution in [3.05, 3.63) is 34.6 Å². The monoisotopic (exact) mass is 303 g/mol. The van der Waals surface area contributed by atoms with Gasteiger partial charge in [0.2, 0.25) is 0 Å². The Morgan fingerprint density at radius 2 is 1.95 bits per heavy atom. The zero-order chi connectivity index (χ0) is 16.3. The molecule has 0 bridgehead atoms. The van der Waals surface area contributed by atoms with Crippen LogP contribution in [0, 0.1) is 13.8 Å². The summed E-state index contributed by atoms with van der Waals surface area (Å²) in [6.45, 7) is 3.68. The average molecular weight is 303 g/mol. The molecule has 0 unspecified atom stereocenters. The number of aromatic amines is 1. The lowest BCUT2D eigenvalue weighted by Crippen LogP contribution is -2.12. The van der Waals surface area contributed by atoms with Crippen LogP contribution in [0.4, 0.5) is 0 Å². The van der Waals surface area contributed by atoms with E-state index in [-0.39, 0.29) is 0 Å². The first-order valence-corrected chi connectivity index (χ1v) is 7.28. The third-order valence-electron chi connectivity index (χ3n) is 4.01. The minimum Gasteiger partial charge on any atom is -0.478 e. The van der Waals surface area contributed by atoms with Crippen molar-refractivity contribution in [2.24, 2.45) is 0 Å². The van der Waals surface area contributed by atoms with Crippen molar-refractivity contribution < 1.29 is 15.0 Å². The summed E-state index contributed by atoms with van der Waals surface area (Å²) in [5, 5.41) is 23.3. The Kier molecular flexibility index (Phi) is 4.92. The first kappa shape index (κ1) is 16.2. The number of aliphatic hydroxyl groups is 1. The SMILES string of the molecule is CO.Cc1nc(-c2cc(C(=O)O)c(C)cc2C2CCC2)n[nH]1. The summed E-state index contributed by atoms with van der Waals surface area (Å²) in [6.07, 6.45) is 3.54. The molecule has 1 heterocycles. The number of rotatable bonds is 3. The summed E-state index contributed by atoms with van der Waals surface area (Å²) in [5.41, 5.74) is 3.15. The Morgan fingerprint density at radius 3 is 2.41 bits per heavy atom. The van der Waals surface area contributed by atoms with E-state index in [1.807, 2.05) is 19.9 Å². The van der Waals surface area contributed by atoms with Gasteiger partial charge in [0.25, 0.3) is 0 Å². The minimum absolute atomic E-state index is 0.325. The van der Waals surface area contributed by atoms with Gasteiger partial charge < -0.3 is 10.2 Å². The molecule has 1 saturated carbocycles. The molecule has 3 rings (SSSR count). The van der Waals surface area contributed by atoms with Gasteiger partial charge in [-0.05, 0) is 49.8 Å². The highest BCUT2D eigenvalue weighted by atomic mass is 16.4.